The highest BCUT2D eigenvalue weighted by Gasteiger charge is 2.22. The zero-order chi connectivity index (χ0) is 16.0. The van der Waals surface area contributed by atoms with Gasteiger partial charge in [0, 0.05) is 0 Å². The second-order valence-corrected chi connectivity index (χ2v) is 8.98. The number of hydrogen-bond acceptors (Lipinski definition) is 0. The smallest absolute Gasteiger partial charge is 0.0206 e. The second kappa shape index (κ2) is 8.25. The van der Waals surface area contributed by atoms with Gasteiger partial charge in [-0.05, 0) is 61.2 Å². The molecule has 0 aliphatic carbocycles. The Balaban J connectivity index is 4.53. The van der Waals surface area contributed by atoms with Crippen LogP contribution in [-0.4, -0.2) is 0 Å². The first-order valence-corrected chi connectivity index (χ1v) is 8.69. The van der Waals surface area contributed by atoms with Gasteiger partial charge in [0.25, 0.3) is 0 Å². The summed E-state index contributed by atoms with van der Waals surface area (Å²) in [6, 6.07) is 0. The molecule has 0 heterocycles. The molecule has 2 atom stereocenters. The molecule has 0 nitrogen and oxygen atoms in total. The molecule has 0 saturated heterocycles. The van der Waals surface area contributed by atoms with Crippen LogP contribution >= 0.6 is 0 Å². The van der Waals surface area contributed by atoms with E-state index in [1.54, 1.807) is 0 Å². The molecule has 0 aromatic carbocycles. The highest BCUT2D eigenvalue weighted by atomic mass is 14.3. The summed E-state index contributed by atoms with van der Waals surface area (Å²) in [6.07, 6.45) is 7.73. The van der Waals surface area contributed by atoms with E-state index < -0.39 is 0 Å². The first kappa shape index (κ1) is 19.7. The molecule has 0 heteroatoms. The van der Waals surface area contributed by atoms with Gasteiger partial charge >= 0.3 is 0 Å². The van der Waals surface area contributed by atoms with Crippen LogP contribution < -0.4 is 0 Å². The summed E-state index contributed by atoms with van der Waals surface area (Å²) in [4.78, 5) is 0. The average molecular weight is 281 g/mol. The van der Waals surface area contributed by atoms with Gasteiger partial charge in [-0.2, -0.15) is 0 Å². The molecule has 0 spiro atoms. The van der Waals surface area contributed by atoms with Crippen molar-refractivity contribution < 1.29 is 0 Å². The van der Waals surface area contributed by atoms with Crippen LogP contribution in [0.3, 0.4) is 0 Å². The van der Waals surface area contributed by atoms with Crippen molar-refractivity contribution in [3.8, 4) is 0 Å². The third-order valence-corrected chi connectivity index (χ3v) is 4.52. The van der Waals surface area contributed by atoms with Crippen molar-refractivity contribution >= 4 is 0 Å². The van der Waals surface area contributed by atoms with Crippen LogP contribution in [0, 0.1) is 22.7 Å². The molecule has 20 heavy (non-hydrogen) atoms. The standard InChI is InChI=1S/C20H40/c1-10-17(12-14-19(4,5)6)16(3)18(11-2)13-15-20(7,8)9/h17-18H,3,10-15H2,1-2,4-9H3. The molecule has 0 rings (SSSR count). The van der Waals surface area contributed by atoms with Gasteiger partial charge in [-0.25, -0.2) is 0 Å². The summed E-state index contributed by atoms with van der Waals surface area (Å²) in [5.74, 6) is 1.44. The first-order valence-electron chi connectivity index (χ1n) is 8.69. The molecule has 0 amide bonds. The van der Waals surface area contributed by atoms with E-state index in [0.717, 1.165) is 11.8 Å². The minimum Gasteiger partial charge on any atom is -0.0993 e. The molecule has 0 bridgehead atoms. The van der Waals surface area contributed by atoms with E-state index in [-0.39, 0.29) is 0 Å². The molecule has 0 N–H and O–H groups in total. The average Bonchev–Trinajstić information content (AvgIpc) is 2.27. The van der Waals surface area contributed by atoms with Gasteiger partial charge in [-0.15, -0.1) is 0 Å². The first-order chi connectivity index (χ1) is 9.00. The van der Waals surface area contributed by atoms with Crippen LogP contribution in [0.5, 0.6) is 0 Å². The minimum atomic E-state index is 0.445. The molecule has 0 aliphatic rings. The summed E-state index contributed by atoms with van der Waals surface area (Å²) in [7, 11) is 0. The molecule has 0 radical (unpaired) electrons. The predicted octanol–water partition coefficient (Wildman–Crippen LogP) is 7.25. The van der Waals surface area contributed by atoms with Gasteiger partial charge in [0.2, 0.25) is 0 Å². The Kier molecular flexibility index (Phi) is 8.14. The van der Waals surface area contributed by atoms with E-state index in [1.807, 2.05) is 0 Å². The van der Waals surface area contributed by atoms with Gasteiger partial charge in [-0.1, -0.05) is 67.5 Å². The topological polar surface area (TPSA) is 0 Å². The fourth-order valence-corrected chi connectivity index (χ4v) is 2.85. The van der Waals surface area contributed by atoms with E-state index in [1.165, 1.54) is 44.1 Å². The van der Waals surface area contributed by atoms with Gasteiger partial charge < -0.3 is 0 Å². The molecule has 120 valence electrons. The maximum absolute atomic E-state index is 4.50. The zero-order valence-corrected chi connectivity index (χ0v) is 15.6. The molecule has 2 unspecified atom stereocenters. The molecule has 0 fully saturated rings. The summed E-state index contributed by atoms with van der Waals surface area (Å²) < 4.78 is 0. The fourth-order valence-electron chi connectivity index (χ4n) is 2.85. The van der Waals surface area contributed by atoms with Gasteiger partial charge in [0.15, 0.2) is 0 Å². The quantitative estimate of drug-likeness (QED) is 0.411. The minimum absolute atomic E-state index is 0.445. The molecule has 0 aromatic heterocycles. The van der Waals surface area contributed by atoms with E-state index in [9.17, 15) is 0 Å². The Hall–Kier alpha value is -0.260. The lowest BCUT2D eigenvalue weighted by Gasteiger charge is -2.30. The number of allylic oxidation sites excluding steroid dienone is 1. The third kappa shape index (κ3) is 8.82. The molecular formula is C20H40. The molecule has 0 aliphatic heterocycles. The Bertz CT molecular complexity index is 243. The lowest BCUT2D eigenvalue weighted by Crippen LogP contribution is -2.17. The molecular weight excluding hydrogens is 240 g/mol. The lowest BCUT2D eigenvalue weighted by molar-refractivity contribution is 0.301. The van der Waals surface area contributed by atoms with Crippen molar-refractivity contribution in [3.05, 3.63) is 12.2 Å². The van der Waals surface area contributed by atoms with E-state index in [2.05, 4.69) is 62.0 Å². The largest absolute Gasteiger partial charge is 0.0993 e. The second-order valence-electron chi connectivity index (χ2n) is 8.98. The number of hydrogen-bond donors (Lipinski definition) is 0. The summed E-state index contributed by atoms with van der Waals surface area (Å²) in [5.41, 5.74) is 2.42. The van der Waals surface area contributed by atoms with Crippen LogP contribution in [0.4, 0.5) is 0 Å². The Morgan fingerprint density at radius 1 is 0.750 bits per heavy atom. The monoisotopic (exact) mass is 280 g/mol. The predicted molar refractivity (Wildman–Crippen MR) is 94.1 cm³/mol. The summed E-state index contributed by atoms with van der Waals surface area (Å²) >= 11 is 0. The molecule has 0 aromatic rings. The lowest BCUT2D eigenvalue weighted by atomic mass is 9.76. The van der Waals surface area contributed by atoms with Crippen molar-refractivity contribution in [2.75, 3.05) is 0 Å². The van der Waals surface area contributed by atoms with Crippen molar-refractivity contribution in [1.29, 1.82) is 0 Å². The maximum atomic E-state index is 4.50. The van der Waals surface area contributed by atoms with Gasteiger partial charge in [-0.3, -0.25) is 0 Å². The van der Waals surface area contributed by atoms with Crippen molar-refractivity contribution in [1.82, 2.24) is 0 Å². The van der Waals surface area contributed by atoms with Crippen LogP contribution in [0.15, 0.2) is 12.2 Å². The van der Waals surface area contributed by atoms with E-state index >= 15 is 0 Å². The zero-order valence-electron chi connectivity index (χ0n) is 15.6. The van der Waals surface area contributed by atoms with Crippen LogP contribution in [0.25, 0.3) is 0 Å². The van der Waals surface area contributed by atoms with Crippen molar-refractivity contribution in [3.63, 3.8) is 0 Å². The maximum Gasteiger partial charge on any atom is -0.0206 e. The van der Waals surface area contributed by atoms with Crippen molar-refractivity contribution in [2.45, 2.75) is 93.9 Å². The van der Waals surface area contributed by atoms with Gasteiger partial charge in [0.1, 0.15) is 0 Å². The Labute approximate surface area is 129 Å². The fraction of sp³-hybridized carbons (Fsp3) is 0.900. The van der Waals surface area contributed by atoms with Crippen molar-refractivity contribution in [2.24, 2.45) is 22.7 Å². The Morgan fingerprint density at radius 3 is 1.25 bits per heavy atom. The van der Waals surface area contributed by atoms with Crippen LogP contribution in [0.2, 0.25) is 0 Å². The van der Waals surface area contributed by atoms with Crippen LogP contribution in [0.1, 0.15) is 93.9 Å². The SMILES string of the molecule is C=C(C(CC)CCC(C)(C)C)C(CC)CCC(C)(C)C. The normalized spacial score (nSPS) is 16.0. The molecule has 0 saturated carbocycles. The van der Waals surface area contributed by atoms with E-state index in [4.69, 9.17) is 0 Å². The van der Waals surface area contributed by atoms with Gasteiger partial charge in [0.05, 0.1) is 0 Å². The summed E-state index contributed by atoms with van der Waals surface area (Å²) in [5, 5.41) is 0. The highest BCUT2D eigenvalue weighted by molar-refractivity contribution is 5.06. The van der Waals surface area contributed by atoms with Crippen LogP contribution in [-0.2, 0) is 0 Å². The van der Waals surface area contributed by atoms with E-state index in [0.29, 0.717) is 10.8 Å². The Morgan fingerprint density at radius 2 is 1.05 bits per heavy atom. The number of rotatable bonds is 8. The summed E-state index contributed by atoms with van der Waals surface area (Å²) in [6.45, 7) is 23.2. The third-order valence-electron chi connectivity index (χ3n) is 4.52. The highest BCUT2D eigenvalue weighted by Crippen LogP contribution is 2.35.